The van der Waals surface area contributed by atoms with Crippen molar-refractivity contribution in [3.05, 3.63) is 53.7 Å². The molecule has 4 nitrogen and oxygen atoms in total. The van der Waals surface area contributed by atoms with Crippen LogP contribution in [0.5, 0.6) is 5.75 Å². The zero-order valence-corrected chi connectivity index (χ0v) is 11.3. The van der Waals surface area contributed by atoms with Crippen LogP contribution >= 0.6 is 0 Å². The second-order valence-corrected chi connectivity index (χ2v) is 4.34. The average Bonchev–Trinajstić information content (AvgIpc) is 2.46. The van der Waals surface area contributed by atoms with E-state index in [-0.39, 0.29) is 6.04 Å². The lowest BCUT2D eigenvalue weighted by atomic mass is 9.99. The zero-order valence-electron chi connectivity index (χ0n) is 11.3. The maximum atomic E-state index is 5.94. The van der Waals surface area contributed by atoms with Gasteiger partial charge in [0.05, 0.1) is 7.11 Å². The molecule has 0 amide bonds. The number of nitrogens with two attached hydrogens (primary N) is 1. The van der Waals surface area contributed by atoms with Crippen LogP contribution in [0.15, 0.2) is 42.6 Å². The molecule has 19 heavy (non-hydrogen) atoms. The van der Waals surface area contributed by atoms with Gasteiger partial charge in [0.1, 0.15) is 11.6 Å². The maximum Gasteiger partial charge on any atom is 0.128 e. The normalized spacial score (nSPS) is 12.1. The maximum absolute atomic E-state index is 5.94. The molecule has 1 atom stereocenters. The minimum atomic E-state index is 0.116. The topological polar surface area (TPSA) is 60.2 Å². The van der Waals surface area contributed by atoms with E-state index in [2.05, 4.69) is 16.4 Å². The van der Waals surface area contributed by atoms with E-state index in [4.69, 9.17) is 10.5 Å². The molecule has 0 bridgehead atoms. The molecule has 0 spiro atoms. The lowest BCUT2D eigenvalue weighted by Crippen LogP contribution is -2.20. The number of likely N-dealkylation sites (N-methyl/N-ethyl adjacent to an activating group) is 1. The van der Waals surface area contributed by atoms with Gasteiger partial charge in [-0.25, -0.2) is 4.98 Å². The molecule has 1 aromatic heterocycles. The summed E-state index contributed by atoms with van der Waals surface area (Å²) < 4.78 is 5.38. The summed E-state index contributed by atoms with van der Waals surface area (Å²) in [7, 11) is 3.61. The highest BCUT2D eigenvalue weighted by atomic mass is 16.5. The standard InChI is InChI=1S/C15H19N3O/c1-17-13(12-7-5-9-18-15(12)16)10-11-6-3-4-8-14(11)19-2/h3-9,13,17H,10H2,1-2H3,(H2,16,18). The van der Waals surface area contributed by atoms with Crippen molar-refractivity contribution in [2.45, 2.75) is 12.5 Å². The molecule has 0 radical (unpaired) electrons. The van der Waals surface area contributed by atoms with E-state index in [0.717, 1.165) is 23.3 Å². The van der Waals surface area contributed by atoms with Crippen molar-refractivity contribution in [1.29, 1.82) is 0 Å². The molecule has 4 heteroatoms. The molecule has 0 aliphatic heterocycles. The van der Waals surface area contributed by atoms with Gasteiger partial charge in [0.2, 0.25) is 0 Å². The lowest BCUT2D eigenvalue weighted by Gasteiger charge is -2.19. The molecule has 0 fully saturated rings. The first-order valence-electron chi connectivity index (χ1n) is 6.25. The van der Waals surface area contributed by atoms with Gasteiger partial charge >= 0.3 is 0 Å². The van der Waals surface area contributed by atoms with Crippen LogP contribution in [0.25, 0.3) is 0 Å². The molecule has 100 valence electrons. The Kier molecular flexibility index (Phi) is 4.36. The number of aromatic nitrogens is 1. The molecular weight excluding hydrogens is 238 g/mol. The number of pyridine rings is 1. The van der Waals surface area contributed by atoms with Gasteiger partial charge in [-0.1, -0.05) is 24.3 Å². The first-order valence-corrected chi connectivity index (χ1v) is 6.25. The zero-order chi connectivity index (χ0) is 13.7. The molecule has 0 saturated carbocycles. The highest BCUT2D eigenvalue weighted by Crippen LogP contribution is 2.26. The fourth-order valence-corrected chi connectivity index (χ4v) is 2.18. The molecule has 0 aliphatic rings. The second-order valence-electron chi connectivity index (χ2n) is 4.34. The Balaban J connectivity index is 2.27. The number of nitrogens with one attached hydrogen (secondary N) is 1. The Hall–Kier alpha value is -2.07. The van der Waals surface area contributed by atoms with Crippen molar-refractivity contribution in [1.82, 2.24) is 10.3 Å². The predicted octanol–water partition coefficient (Wildman–Crippen LogP) is 2.18. The van der Waals surface area contributed by atoms with E-state index in [1.54, 1.807) is 13.3 Å². The third-order valence-electron chi connectivity index (χ3n) is 3.21. The summed E-state index contributed by atoms with van der Waals surface area (Å²) >= 11 is 0. The van der Waals surface area contributed by atoms with Crippen LogP contribution in [0.2, 0.25) is 0 Å². The number of hydrogen-bond donors (Lipinski definition) is 2. The van der Waals surface area contributed by atoms with Crippen LogP contribution in [0, 0.1) is 0 Å². The van der Waals surface area contributed by atoms with Crippen LogP contribution in [0.4, 0.5) is 5.82 Å². The first-order chi connectivity index (χ1) is 9.26. The molecule has 1 heterocycles. The van der Waals surface area contributed by atoms with Gasteiger partial charge in [-0.05, 0) is 31.2 Å². The molecule has 1 unspecified atom stereocenters. The Morgan fingerprint density at radius 2 is 2.05 bits per heavy atom. The van der Waals surface area contributed by atoms with Gasteiger partial charge in [-0.3, -0.25) is 0 Å². The van der Waals surface area contributed by atoms with Crippen LogP contribution < -0.4 is 15.8 Å². The number of nitrogen functional groups attached to an aromatic ring is 1. The third-order valence-corrected chi connectivity index (χ3v) is 3.21. The molecule has 2 rings (SSSR count). The Bertz CT molecular complexity index is 542. The Labute approximate surface area is 113 Å². The van der Waals surface area contributed by atoms with Crippen molar-refractivity contribution in [2.75, 3.05) is 19.9 Å². The number of rotatable bonds is 5. The SMILES string of the molecule is CNC(Cc1ccccc1OC)c1cccnc1N. The summed E-state index contributed by atoms with van der Waals surface area (Å²) in [5.41, 5.74) is 8.09. The van der Waals surface area contributed by atoms with Crippen molar-refractivity contribution in [3.8, 4) is 5.75 Å². The summed E-state index contributed by atoms with van der Waals surface area (Å²) in [6.45, 7) is 0. The molecule has 1 aromatic carbocycles. The number of methoxy groups -OCH3 is 1. The van der Waals surface area contributed by atoms with E-state index in [9.17, 15) is 0 Å². The molecular formula is C15H19N3O. The number of ether oxygens (including phenoxy) is 1. The fraction of sp³-hybridized carbons (Fsp3) is 0.267. The number of hydrogen-bond acceptors (Lipinski definition) is 4. The van der Waals surface area contributed by atoms with Crippen molar-refractivity contribution >= 4 is 5.82 Å². The van der Waals surface area contributed by atoms with E-state index >= 15 is 0 Å². The van der Waals surface area contributed by atoms with Gasteiger partial charge in [0.15, 0.2) is 0 Å². The van der Waals surface area contributed by atoms with Gasteiger partial charge in [0.25, 0.3) is 0 Å². The van der Waals surface area contributed by atoms with Gasteiger partial charge in [-0.2, -0.15) is 0 Å². The molecule has 2 aromatic rings. The van der Waals surface area contributed by atoms with Crippen LogP contribution in [0.3, 0.4) is 0 Å². The summed E-state index contributed by atoms with van der Waals surface area (Å²) in [6.07, 6.45) is 2.51. The van der Waals surface area contributed by atoms with Gasteiger partial charge in [-0.15, -0.1) is 0 Å². The summed E-state index contributed by atoms with van der Waals surface area (Å²) in [4.78, 5) is 4.14. The third kappa shape index (κ3) is 3.03. The van der Waals surface area contributed by atoms with Crippen LogP contribution in [0.1, 0.15) is 17.2 Å². The number of nitrogens with zero attached hydrogens (tertiary/aromatic N) is 1. The molecule has 0 aliphatic carbocycles. The molecule has 3 N–H and O–H groups in total. The fourth-order valence-electron chi connectivity index (χ4n) is 2.18. The van der Waals surface area contributed by atoms with E-state index in [1.807, 2.05) is 37.4 Å². The summed E-state index contributed by atoms with van der Waals surface area (Å²) in [5, 5.41) is 3.28. The average molecular weight is 257 g/mol. The summed E-state index contributed by atoms with van der Waals surface area (Å²) in [6, 6.07) is 12.0. The van der Waals surface area contributed by atoms with Crippen molar-refractivity contribution in [3.63, 3.8) is 0 Å². The van der Waals surface area contributed by atoms with Gasteiger partial charge in [0, 0.05) is 17.8 Å². The van der Waals surface area contributed by atoms with Crippen LogP contribution in [-0.4, -0.2) is 19.1 Å². The number of anilines is 1. The van der Waals surface area contributed by atoms with Crippen molar-refractivity contribution in [2.24, 2.45) is 0 Å². The smallest absolute Gasteiger partial charge is 0.128 e. The van der Waals surface area contributed by atoms with Crippen molar-refractivity contribution < 1.29 is 4.74 Å². The monoisotopic (exact) mass is 257 g/mol. The van der Waals surface area contributed by atoms with E-state index < -0.39 is 0 Å². The highest BCUT2D eigenvalue weighted by Gasteiger charge is 2.15. The minimum absolute atomic E-state index is 0.116. The highest BCUT2D eigenvalue weighted by molar-refractivity contribution is 5.43. The Morgan fingerprint density at radius 3 is 2.74 bits per heavy atom. The lowest BCUT2D eigenvalue weighted by molar-refractivity contribution is 0.406. The van der Waals surface area contributed by atoms with Gasteiger partial charge < -0.3 is 15.8 Å². The number of benzene rings is 1. The number of para-hydroxylation sites is 1. The minimum Gasteiger partial charge on any atom is -0.496 e. The molecule has 0 saturated heterocycles. The quantitative estimate of drug-likeness (QED) is 0.862. The first kappa shape index (κ1) is 13.4. The summed E-state index contributed by atoms with van der Waals surface area (Å²) in [5.74, 6) is 1.46. The Morgan fingerprint density at radius 1 is 1.26 bits per heavy atom. The van der Waals surface area contributed by atoms with Crippen LogP contribution in [-0.2, 0) is 6.42 Å². The largest absolute Gasteiger partial charge is 0.496 e. The predicted molar refractivity (Wildman–Crippen MR) is 77.1 cm³/mol. The second kappa shape index (κ2) is 6.20. The van der Waals surface area contributed by atoms with E-state index in [0.29, 0.717) is 5.82 Å². The van der Waals surface area contributed by atoms with E-state index in [1.165, 1.54) is 0 Å².